The highest BCUT2D eigenvalue weighted by Gasteiger charge is 2.61. The molecule has 0 aromatic rings. The first-order valence-electron chi connectivity index (χ1n) is 10.9. The van der Waals surface area contributed by atoms with Crippen molar-refractivity contribution in [2.45, 2.75) is 12.8 Å². The molecule has 7 heteroatoms. The summed E-state index contributed by atoms with van der Waals surface area (Å²) in [6.45, 7) is 4.34. The number of amides is 4. The Morgan fingerprint density at radius 3 is 1.37 bits per heavy atom. The molecule has 0 aromatic carbocycles. The number of carbonyl (C=O) groups excluding carboxylic acids is 4. The van der Waals surface area contributed by atoms with Gasteiger partial charge in [-0.05, 0) is 36.5 Å². The van der Waals surface area contributed by atoms with E-state index in [1.165, 1.54) is 9.80 Å². The van der Waals surface area contributed by atoms with Crippen LogP contribution in [0.25, 0.3) is 0 Å². The van der Waals surface area contributed by atoms with Crippen LogP contribution >= 0.6 is 0 Å². The fourth-order valence-electron chi connectivity index (χ4n) is 6.95. The highest BCUT2D eigenvalue weighted by atomic mass is 16.2. The molecule has 0 unspecified atom stereocenters. The molecule has 4 fully saturated rings. The van der Waals surface area contributed by atoms with E-state index in [0.717, 1.165) is 12.8 Å². The summed E-state index contributed by atoms with van der Waals surface area (Å²) in [7, 11) is 0. The maximum Gasteiger partial charge on any atom is 0.234 e. The molecule has 6 rings (SSSR count). The average Bonchev–Trinajstić information content (AvgIpc) is 3.55. The summed E-state index contributed by atoms with van der Waals surface area (Å²) in [5, 5.41) is 0. The quantitative estimate of drug-likeness (QED) is 0.485. The first kappa shape index (κ1) is 18.2. The lowest BCUT2D eigenvalue weighted by Crippen LogP contribution is -2.49. The molecular weight excluding hydrogens is 382 g/mol. The van der Waals surface area contributed by atoms with E-state index in [0.29, 0.717) is 6.54 Å². The van der Waals surface area contributed by atoms with E-state index in [9.17, 15) is 19.2 Å². The van der Waals surface area contributed by atoms with Crippen LogP contribution in [-0.4, -0.2) is 58.2 Å². The van der Waals surface area contributed by atoms with Crippen LogP contribution in [0.1, 0.15) is 12.8 Å². The normalized spacial score (nSPS) is 42.4. The summed E-state index contributed by atoms with van der Waals surface area (Å²) in [6, 6.07) is 0. The molecule has 4 amide bonds. The zero-order chi connectivity index (χ0) is 20.7. The predicted octanol–water partition coefficient (Wildman–Crippen LogP) is 1.00. The van der Waals surface area contributed by atoms with E-state index in [4.69, 9.17) is 0 Å². The monoisotopic (exact) mass is 407 g/mol. The second kappa shape index (κ2) is 6.23. The number of hydrogen-bond donors (Lipinski definition) is 0. The molecule has 2 saturated carbocycles. The molecule has 2 aliphatic heterocycles. The molecule has 4 aliphatic carbocycles. The number of carbonyl (C=O) groups is 4. The van der Waals surface area contributed by atoms with Crippen molar-refractivity contribution in [2.24, 2.45) is 47.3 Å². The first-order chi connectivity index (χ1) is 14.5. The van der Waals surface area contributed by atoms with E-state index in [1.807, 2.05) is 0 Å². The van der Waals surface area contributed by atoms with E-state index < -0.39 is 0 Å². The molecule has 0 radical (unpaired) electrons. The molecule has 2 heterocycles. The van der Waals surface area contributed by atoms with Gasteiger partial charge in [0.1, 0.15) is 0 Å². The summed E-state index contributed by atoms with van der Waals surface area (Å²) in [5.41, 5.74) is 0. The highest BCUT2D eigenvalue weighted by Crippen LogP contribution is 2.53. The van der Waals surface area contributed by atoms with Crippen molar-refractivity contribution < 1.29 is 19.2 Å². The van der Waals surface area contributed by atoms with Gasteiger partial charge in [0.25, 0.3) is 0 Å². The molecule has 0 N–H and O–H groups in total. The second-order valence-electron chi connectivity index (χ2n) is 9.63. The number of rotatable bonds is 6. The highest BCUT2D eigenvalue weighted by molar-refractivity contribution is 6.07. The summed E-state index contributed by atoms with van der Waals surface area (Å²) in [6.07, 6.45) is 11.8. The molecule has 156 valence electrons. The van der Waals surface area contributed by atoms with Crippen molar-refractivity contribution in [1.29, 1.82) is 0 Å². The predicted molar refractivity (Wildman–Crippen MR) is 106 cm³/mol. The van der Waals surface area contributed by atoms with Gasteiger partial charge in [-0.2, -0.15) is 0 Å². The molecule has 0 spiro atoms. The van der Waals surface area contributed by atoms with E-state index in [1.54, 1.807) is 11.0 Å². The Hall–Kier alpha value is -2.54. The fraction of sp³-hybridized carbons (Fsp3) is 0.565. The van der Waals surface area contributed by atoms with Crippen molar-refractivity contribution in [3.8, 4) is 0 Å². The molecule has 4 bridgehead atoms. The third-order valence-electron chi connectivity index (χ3n) is 8.19. The number of nitrogens with zero attached hydrogens (tertiary/aromatic N) is 3. The van der Waals surface area contributed by atoms with E-state index in [-0.39, 0.29) is 84.3 Å². The Balaban J connectivity index is 1.19. The largest absolute Gasteiger partial charge is 0.274 e. The average molecular weight is 407 g/mol. The van der Waals surface area contributed by atoms with Gasteiger partial charge in [-0.1, -0.05) is 30.4 Å². The van der Waals surface area contributed by atoms with Gasteiger partial charge < -0.3 is 0 Å². The molecule has 7 nitrogen and oxygen atoms in total. The van der Waals surface area contributed by atoms with Crippen LogP contribution in [0.15, 0.2) is 37.0 Å². The lowest BCUT2D eigenvalue weighted by atomic mass is 9.85. The molecule has 8 atom stereocenters. The minimum atomic E-state index is -0.241. The second-order valence-corrected chi connectivity index (χ2v) is 9.63. The van der Waals surface area contributed by atoms with Gasteiger partial charge >= 0.3 is 0 Å². The van der Waals surface area contributed by atoms with Gasteiger partial charge in [0.15, 0.2) is 0 Å². The van der Waals surface area contributed by atoms with Crippen molar-refractivity contribution >= 4 is 23.6 Å². The molecule has 6 aliphatic rings. The number of likely N-dealkylation sites (tertiary alicyclic amines) is 2. The SMILES string of the molecule is C=CCN(CN1C(=O)[C@@H]2[C@H](C1=O)[C@@H]1C=C[C@H]2C1)CN1C(=O)[C@@H]2[C@H](C1=O)[C@@H]1C=C[C@H]2C1. The summed E-state index contributed by atoms with van der Waals surface area (Å²) >= 11 is 0. The molecule has 2 saturated heterocycles. The number of hydrogen-bond acceptors (Lipinski definition) is 5. The number of fused-ring (bicyclic) bond motifs is 10. The van der Waals surface area contributed by atoms with Gasteiger partial charge in [0.2, 0.25) is 23.6 Å². The Kier molecular flexibility index (Phi) is 3.79. The first-order valence-corrected chi connectivity index (χ1v) is 10.9. The Morgan fingerprint density at radius 1 is 0.733 bits per heavy atom. The minimum Gasteiger partial charge on any atom is -0.274 e. The van der Waals surface area contributed by atoms with Crippen LogP contribution in [0.4, 0.5) is 0 Å². The summed E-state index contributed by atoms with van der Waals surface area (Å²) in [4.78, 5) is 56.5. The Morgan fingerprint density at radius 2 is 1.07 bits per heavy atom. The van der Waals surface area contributed by atoms with Crippen LogP contribution in [0.2, 0.25) is 0 Å². The summed E-state index contributed by atoms with van der Waals surface area (Å²) < 4.78 is 0. The van der Waals surface area contributed by atoms with Crippen molar-refractivity contribution in [3.63, 3.8) is 0 Å². The van der Waals surface area contributed by atoms with Crippen molar-refractivity contribution in [3.05, 3.63) is 37.0 Å². The van der Waals surface area contributed by atoms with Gasteiger partial charge in [-0.3, -0.25) is 33.9 Å². The Bertz CT molecular complexity index is 809. The van der Waals surface area contributed by atoms with Crippen molar-refractivity contribution in [2.75, 3.05) is 19.9 Å². The fourth-order valence-corrected chi connectivity index (χ4v) is 6.95. The van der Waals surface area contributed by atoms with Crippen LogP contribution in [0.5, 0.6) is 0 Å². The minimum absolute atomic E-state index is 0.0909. The standard InChI is InChI=1S/C23H25N3O4/c1-2-7-24(10-25-20(27)16-12-3-4-13(8-12)17(16)21(25)28)11-26-22(29)18-14-5-6-15(9-14)19(18)23(26)30/h2-6,12-19H,1,7-11H2/t12-,13+,14-,15+,16-,17+,18-,19+. The lowest BCUT2D eigenvalue weighted by molar-refractivity contribution is -0.146. The number of imide groups is 2. The van der Waals surface area contributed by atoms with Gasteiger partial charge in [-0.15, -0.1) is 6.58 Å². The van der Waals surface area contributed by atoms with E-state index >= 15 is 0 Å². The zero-order valence-electron chi connectivity index (χ0n) is 16.7. The summed E-state index contributed by atoms with van der Waals surface area (Å²) in [5.74, 6) is -0.772. The number of allylic oxidation sites excluding steroid dienone is 4. The van der Waals surface area contributed by atoms with Crippen LogP contribution in [0, 0.1) is 47.3 Å². The van der Waals surface area contributed by atoms with Crippen LogP contribution in [-0.2, 0) is 19.2 Å². The maximum absolute atomic E-state index is 13.0. The van der Waals surface area contributed by atoms with Gasteiger partial charge in [0, 0.05) is 6.54 Å². The smallest absolute Gasteiger partial charge is 0.234 e. The van der Waals surface area contributed by atoms with Gasteiger partial charge in [-0.25, -0.2) is 0 Å². The van der Waals surface area contributed by atoms with Gasteiger partial charge in [0.05, 0.1) is 37.0 Å². The maximum atomic E-state index is 13.0. The molecule has 30 heavy (non-hydrogen) atoms. The van der Waals surface area contributed by atoms with Crippen LogP contribution < -0.4 is 0 Å². The van der Waals surface area contributed by atoms with Crippen molar-refractivity contribution in [1.82, 2.24) is 14.7 Å². The topological polar surface area (TPSA) is 78.0 Å². The third kappa shape index (κ3) is 2.24. The van der Waals surface area contributed by atoms with Crippen LogP contribution in [0.3, 0.4) is 0 Å². The molecular formula is C23H25N3O4. The van der Waals surface area contributed by atoms with E-state index in [2.05, 4.69) is 30.9 Å². The Labute approximate surface area is 175 Å². The third-order valence-corrected chi connectivity index (χ3v) is 8.19. The zero-order valence-corrected chi connectivity index (χ0v) is 16.7. The lowest BCUT2D eigenvalue weighted by Gasteiger charge is -2.30. The molecule has 0 aromatic heterocycles.